The van der Waals surface area contributed by atoms with E-state index < -0.39 is 6.16 Å². The van der Waals surface area contributed by atoms with Crippen LogP contribution in [0.5, 0.6) is 0 Å². The Balaban J connectivity index is 1.87. The molecule has 0 saturated carbocycles. The van der Waals surface area contributed by atoms with Crippen LogP contribution in [-0.2, 0) is 20.6 Å². The highest BCUT2D eigenvalue weighted by Crippen LogP contribution is 2.05. The Hall–Kier alpha value is -1.55. The molecule has 0 aromatic heterocycles. The van der Waals surface area contributed by atoms with E-state index in [4.69, 9.17) is 14.2 Å². The Labute approximate surface area is 133 Å². The van der Waals surface area contributed by atoms with Gasteiger partial charge >= 0.3 is 6.16 Å². The van der Waals surface area contributed by atoms with Gasteiger partial charge in [0.1, 0.15) is 0 Å². The molecular weight excluding hydrogens is 280 g/mol. The fourth-order valence-electron chi connectivity index (χ4n) is 2.07. The van der Waals surface area contributed by atoms with Crippen molar-refractivity contribution >= 4 is 6.16 Å². The molecule has 4 heteroatoms. The maximum Gasteiger partial charge on any atom is 0.510 e. The summed E-state index contributed by atoms with van der Waals surface area (Å²) in [7, 11) is 0. The van der Waals surface area contributed by atoms with Crippen molar-refractivity contribution in [3.63, 3.8) is 0 Å². The number of carbonyl (C=O) groups is 1. The fourth-order valence-corrected chi connectivity index (χ4v) is 2.07. The van der Waals surface area contributed by atoms with Crippen molar-refractivity contribution in [2.24, 2.45) is 0 Å². The Morgan fingerprint density at radius 1 is 0.909 bits per heavy atom. The van der Waals surface area contributed by atoms with Gasteiger partial charge in [-0.1, -0.05) is 69.4 Å². The summed E-state index contributed by atoms with van der Waals surface area (Å²) in [5.74, 6) is 0. The van der Waals surface area contributed by atoms with Crippen LogP contribution in [0.15, 0.2) is 30.3 Å². The van der Waals surface area contributed by atoms with E-state index in [0.717, 1.165) is 12.0 Å². The summed E-state index contributed by atoms with van der Waals surface area (Å²) in [6.45, 7) is 3.13. The molecule has 1 aromatic carbocycles. The quantitative estimate of drug-likeness (QED) is 0.318. The van der Waals surface area contributed by atoms with Gasteiger partial charge in [-0.05, 0) is 12.0 Å². The van der Waals surface area contributed by atoms with Gasteiger partial charge in [-0.3, -0.25) is 0 Å². The largest absolute Gasteiger partial charge is 0.510 e. The zero-order valence-electron chi connectivity index (χ0n) is 13.6. The summed E-state index contributed by atoms with van der Waals surface area (Å²) in [6, 6.07) is 9.88. The highest BCUT2D eigenvalue weighted by Gasteiger charge is 2.03. The Morgan fingerprint density at radius 2 is 1.64 bits per heavy atom. The highest BCUT2D eigenvalue weighted by molar-refractivity contribution is 5.59. The summed E-state index contributed by atoms with van der Waals surface area (Å²) in [4.78, 5) is 11.3. The molecule has 4 nitrogen and oxygen atoms in total. The molecular formula is C18H28O4. The molecule has 1 aromatic rings. The summed E-state index contributed by atoms with van der Waals surface area (Å²) in [6.07, 6.45) is 7.31. The molecule has 0 aliphatic heterocycles. The molecule has 0 N–H and O–H groups in total. The minimum atomic E-state index is -0.668. The molecule has 0 unspecified atom stereocenters. The monoisotopic (exact) mass is 308 g/mol. The average Bonchev–Trinajstić information content (AvgIpc) is 2.54. The smallest absolute Gasteiger partial charge is 0.434 e. The SMILES string of the molecule is CCCCCCCCOCOC(=O)OCCc1ccccc1. The second kappa shape index (κ2) is 13.1. The van der Waals surface area contributed by atoms with Crippen LogP contribution in [0.3, 0.4) is 0 Å². The van der Waals surface area contributed by atoms with E-state index in [1.165, 1.54) is 32.1 Å². The summed E-state index contributed by atoms with van der Waals surface area (Å²) >= 11 is 0. The first-order chi connectivity index (χ1) is 10.8. The number of unbranched alkanes of at least 4 members (excludes halogenated alkanes) is 5. The van der Waals surface area contributed by atoms with Gasteiger partial charge in [-0.15, -0.1) is 0 Å². The van der Waals surface area contributed by atoms with E-state index in [1.54, 1.807) is 0 Å². The number of benzene rings is 1. The minimum absolute atomic E-state index is 0.0286. The van der Waals surface area contributed by atoms with Crippen LogP contribution in [-0.4, -0.2) is 26.2 Å². The lowest BCUT2D eigenvalue weighted by Gasteiger charge is -2.07. The van der Waals surface area contributed by atoms with Crippen LogP contribution < -0.4 is 0 Å². The van der Waals surface area contributed by atoms with E-state index in [2.05, 4.69) is 6.92 Å². The van der Waals surface area contributed by atoms with Crippen molar-refractivity contribution in [3.05, 3.63) is 35.9 Å². The normalized spacial score (nSPS) is 10.4. The van der Waals surface area contributed by atoms with Crippen LogP contribution >= 0.6 is 0 Å². The summed E-state index contributed by atoms with van der Waals surface area (Å²) < 4.78 is 15.1. The predicted octanol–water partition coefficient (Wildman–Crippen LogP) is 4.72. The summed E-state index contributed by atoms with van der Waals surface area (Å²) in [5.41, 5.74) is 1.13. The number of carbonyl (C=O) groups excluding carboxylic acids is 1. The molecule has 0 amide bonds. The molecule has 0 fully saturated rings. The first kappa shape index (κ1) is 18.5. The van der Waals surface area contributed by atoms with Gasteiger partial charge in [0.2, 0.25) is 0 Å². The topological polar surface area (TPSA) is 44.8 Å². The fraction of sp³-hybridized carbons (Fsp3) is 0.611. The Bertz CT molecular complexity index is 378. The lowest BCUT2D eigenvalue weighted by atomic mass is 10.1. The zero-order valence-corrected chi connectivity index (χ0v) is 13.6. The summed E-state index contributed by atoms with van der Waals surface area (Å²) in [5, 5.41) is 0. The molecule has 0 aliphatic rings. The lowest BCUT2D eigenvalue weighted by molar-refractivity contribution is -0.0452. The third kappa shape index (κ3) is 10.2. The second-order valence-electron chi connectivity index (χ2n) is 5.27. The molecule has 0 heterocycles. The molecule has 124 valence electrons. The molecule has 0 bridgehead atoms. The molecule has 0 atom stereocenters. The van der Waals surface area contributed by atoms with E-state index in [0.29, 0.717) is 19.6 Å². The number of hydrogen-bond donors (Lipinski definition) is 0. The maximum absolute atomic E-state index is 11.3. The standard InChI is InChI=1S/C18H28O4/c1-2-3-4-5-6-10-14-20-16-22-18(19)21-15-13-17-11-8-7-9-12-17/h7-9,11-12H,2-6,10,13-16H2,1H3. The zero-order chi connectivity index (χ0) is 15.9. The van der Waals surface area contributed by atoms with Gasteiger partial charge in [0.25, 0.3) is 0 Å². The van der Waals surface area contributed by atoms with E-state index >= 15 is 0 Å². The molecule has 0 aliphatic carbocycles. The second-order valence-corrected chi connectivity index (χ2v) is 5.27. The van der Waals surface area contributed by atoms with Crippen molar-refractivity contribution in [2.45, 2.75) is 51.9 Å². The van der Waals surface area contributed by atoms with Crippen molar-refractivity contribution in [3.8, 4) is 0 Å². The van der Waals surface area contributed by atoms with Crippen LogP contribution in [0.4, 0.5) is 4.79 Å². The van der Waals surface area contributed by atoms with Gasteiger partial charge in [0, 0.05) is 6.42 Å². The van der Waals surface area contributed by atoms with Gasteiger partial charge < -0.3 is 14.2 Å². The Morgan fingerprint density at radius 3 is 2.41 bits per heavy atom. The third-order valence-corrected chi connectivity index (χ3v) is 3.36. The highest BCUT2D eigenvalue weighted by atomic mass is 16.8. The van der Waals surface area contributed by atoms with Crippen molar-refractivity contribution in [2.75, 3.05) is 20.0 Å². The average molecular weight is 308 g/mol. The van der Waals surface area contributed by atoms with Gasteiger partial charge in [0.15, 0.2) is 6.79 Å². The van der Waals surface area contributed by atoms with E-state index in [1.807, 2.05) is 30.3 Å². The van der Waals surface area contributed by atoms with Crippen LogP contribution in [0.25, 0.3) is 0 Å². The third-order valence-electron chi connectivity index (χ3n) is 3.36. The van der Waals surface area contributed by atoms with E-state index in [9.17, 15) is 4.79 Å². The first-order valence-electron chi connectivity index (χ1n) is 8.24. The van der Waals surface area contributed by atoms with Crippen molar-refractivity contribution in [1.82, 2.24) is 0 Å². The van der Waals surface area contributed by atoms with Crippen molar-refractivity contribution < 1.29 is 19.0 Å². The minimum Gasteiger partial charge on any atom is -0.434 e. The number of ether oxygens (including phenoxy) is 3. The van der Waals surface area contributed by atoms with Crippen molar-refractivity contribution in [1.29, 1.82) is 0 Å². The Kier molecular flexibility index (Phi) is 11.0. The van der Waals surface area contributed by atoms with E-state index in [-0.39, 0.29) is 6.79 Å². The molecule has 22 heavy (non-hydrogen) atoms. The molecule has 0 spiro atoms. The van der Waals surface area contributed by atoms with Crippen LogP contribution in [0, 0.1) is 0 Å². The van der Waals surface area contributed by atoms with Gasteiger partial charge in [-0.25, -0.2) is 4.79 Å². The van der Waals surface area contributed by atoms with Gasteiger partial charge in [0.05, 0.1) is 13.2 Å². The predicted molar refractivity (Wildman–Crippen MR) is 86.8 cm³/mol. The molecule has 0 radical (unpaired) electrons. The van der Waals surface area contributed by atoms with Gasteiger partial charge in [-0.2, -0.15) is 0 Å². The number of rotatable bonds is 12. The first-order valence-corrected chi connectivity index (χ1v) is 8.24. The molecule has 1 rings (SSSR count). The molecule has 0 saturated heterocycles. The number of hydrogen-bond acceptors (Lipinski definition) is 4. The van der Waals surface area contributed by atoms with Crippen LogP contribution in [0.1, 0.15) is 51.0 Å². The lowest BCUT2D eigenvalue weighted by Crippen LogP contribution is -2.12. The van der Waals surface area contributed by atoms with Crippen LogP contribution in [0.2, 0.25) is 0 Å². The maximum atomic E-state index is 11.3.